The molecular formula is C13H17NO2. The number of aromatic hydroxyl groups is 1. The first kappa shape index (κ1) is 9.97. The number of phenolic OH excluding ortho intramolecular Hbond substituents is 1. The molecule has 2 aliphatic rings. The summed E-state index contributed by atoms with van der Waals surface area (Å²) < 4.78 is 5.73. The highest BCUT2D eigenvalue weighted by molar-refractivity contribution is 5.45. The highest BCUT2D eigenvalue weighted by Crippen LogP contribution is 2.33. The highest BCUT2D eigenvalue weighted by atomic mass is 16.5. The van der Waals surface area contributed by atoms with Gasteiger partial charge in [-0.25, -0.2) is 0 Å². The van der Waals surface area contributed by atoms with Crippen molar-refractivity contribution in [3.63, 3.8) is 0 Å². The Morgan fingerprint density at radius 1 is 1.25 bits per heavy atom. The zero-order chi connectivity index (χ0) is 11.0. The van der Waals surface area contributed by atoms with Gasteiger partial charge in [0.15, 0.2) is 0 Å². The number of nitrogens with zero attached hydrogens (tertiary/aromatic N) is 1. The van der Waals surface area contributed by atoms with Crippen LogP contribution in [-0.2, 0) is 6.42 Å². The van der Waals surface area contributed by atoms with E-state index in [0.717, 1.165) is 24.3 Å². The van der Waals surface area contributed by atoms with Crippen LogP contribution in [0.5, 0.6) is 11.5 Å². The van der Waals surface area contributed by atoms with Crippen LogP contribution in [0.1, 0.15) is 18.4 Å². The quantitative estimate of drug-likeness (QED) is 0.781. The Morgan fingerprint density at radius 2 is 2.06 bits per heavy atom. The third kappa shape index (κ3) is 1.65. The van der Waals surface area contributed by atoms with E-state index in [1.807, 2.05) is 12.1 Å². The monoisotopic (exact) mass is 219 g/mol. The summed E-state index contributed by atoms with van der Waals surface area (Å²) in [5.41, 5.74) is 0.977. The zero-order valence-electron chi connectivity index (χ0n) is 9.35. The van der Waals surface area contributed by atoms with Crippen molar-refractivity contribution < 1.29 is 9.84 Å². The molecule has 2 aliphatic heterocycles. The molecule has 0 aliphatic carbocycles. The van der Waals surface area contributed by atoms with Gasteiger partial charge in [0.25, 0.3) is 0 Å². The standard InChI is InChI=1S/C13H17NO2/c15-12-4-3-5-13-11(12)8-10(9-16-13)14-6-1-2-7-14/h3-5,10,15H,1-2,6-9H2. The molecule has 3 heteroatoms. The number of benzene rings is 1. The van der Waals surface area contributed by atoms with Crippen LogP contribution in [0.4, 0.5) is 0 Å². The Bertz CT molecular complexity index is 386. The molecule has 1 N–H and O–H groups in total. The van der Waals surface area contributed by atoms with E-state index in [2.05, 4.69) is 4.90 Å². The van der Waals surface area contributed by atoms with Crippen LogP contribution >= 0.6 is 0 Å². The SMILES string of the molecule is Oc1cccc2c1CC(N1CCCC1)CO2. The maximum Gasteiger partial charge on any atom is 0.126 e. The van der Waals surface area contributed by atoms with E-state index in [1.54, 1.807) is 6.07 Å². The molecule has 1 atom stereocenters. The molecule has 0 amide bonds. The molecule has 0 spiro atoms. The molecule has 1 fully saturated rings. The minimum absolute atomic E-state index is 0.376. The molecule has 16 heavy (non-hydrogen) atoms. The third-order valence-electron chi connectivity index (χ3n) is 3.64. The summed E-state index contributed by atoms with van der Waals surface area (Å²) in [6, 6.07) is 5.97. The van der Waals surface area contributed by atoms with Crippen LogP contribution in [0.15, 0.2) is 18.2 Å². The smallest absolute Gasteiger partial charge is 0.126 e. The number of hydrogen-bond donors (Lipinski definition) is 1. The van der Waals surface area contributed by atoms with E-state index >= 15 is 0 Å². The Labute approximate surface area is 95.6 Å². The van der Waals surface area contributed by atoms with Gasteiger partial charge in [0.2, 0.25) is 0 Å². The van der Waals surface area contributed by atoms with Crippen LogP contribution in [0.2, 0.25) is 0 Å². The van der Waals surface area contributed by atoms with Gasteiger partial charge in [0, 0.05) is 11.6 Å². The molecular weight excluding hydrogens is 202 g/mol. The topological polar surface area (TPSA) is 32.7 Å². The van der Waals surface area contributed by atoms with Crippen molar-refractivity contribution in [2.24, 2.45) is 0 Å². The predicted octanol–water partition coefficient (Wildman–Crippen LogP) is 1.79. The lowest BCUT2D eigenvalue weighted by molar-refractivity contribution is 0.140. The van der Waals surface area contributed by atoms with Crippen molar-refractivity contribution in [2.45, 2.75) is 25.3 Å². The Kier molecular flexibility index (Phi) is 2.48. The predicted molar refractivity (Wildman–Crippen MR) is 61.9 cm³/mol. The summed E-state index contributed by atoms with van der Waals surface area (Å²) in [4.78, 5) is 2.48. The van der Waals surface area contributed by atoms with E-state index in [4.69, 9.17) is 4.74 Å². The average molecular weight is 219 g/mol. The Balaban J connectivity index is 1.82. The van der Waals surface area contributed by atoms with Gasteiger partial charge in [-0.3, -0.25) is 4.90 Å². The fourth-order valence-electron chi connectivity index (χ4n) is 2.72. The minimum Gasteiger partial charge on any atom is -0.508 e. The third-order valence-corrected chi connectivity index (χ3v) is 3.64. The Morgan fingerprint density at radius 3 is 2.88 bits per heavy atom. The van der Waals surface area contributed by atoms with Crippen molar-refractivity contribution in [2.75, 3.05) is 19.7 Å². The van der Waals surface area contributed by atoms with E-state index < -0.39 is 0 Å². The maximum atomic E-state index is 9.82. The van der Waals surface area contributed by atoms with Crippen molar-refractivity contribution in [3.8, 4) is 11.5 Å². The lowest BCUT2D eigenvalue weighted by atomic mass is 10.0. The first-order chi connectivity index (χ1) is 7.84. The summed E-state index contributed by atoms with van der Waals surface area (Å²) in [7, 11) is 0. The number of ether oxygens (including phenoxy) is 1. The number of fused-ring (bicyclic) bond motifs is 1. The van der Waals surface area contributed by atoms with Gasteiger partial charge in [-0.15, -0.1) is 0 Å². The highest BCUT2D eigenvalue weighted by Gasteiger charge is 2.28. The van der Waals surface area contributed by atoms with E-state index in [0.29, 0.717) is 11.8 Å². The van der Waals surface area contributed by atoms with Gasteiger partial charge in [-0.1, -0.05) is 6.07 Å². The van der Waals surface area contributed by atoms with Crippen LogP contribution in [0.25, 0.3) is 0 Å². The van der Waals surface area contributed by atoms with Crippen molar-refractivity contribution >= 4 is 0 Å². The van der Waals surface area contributed by atoms with Gasteiger partial charge in [0.05, 0.1) is 0 Å². The van der Waals surface area contributed by atoms with Crippen molar-refractivity contribution in [1.82, 2.24) is 4.90 Å². The van der Waals surface area contributed by atoms with Gasteiger partial charge < -0.3 is 9.84 Å². The number of rotatable bonds is 1. The molecule has 3 nitrogen and oxygen atoms in total. The first-order valence-electron chi connectivity index (χ1n) is 6.02. The van der Waals surface area contributed by atoms with Crippen molar-refractivity contribution in [3.05, 3.63) is 23.8 Å². The Hall–Kier alpha value is -1.22. The van der Waals surface area contributed by atoms with Gasteiger partial charge in [-0.2, -0.15) is 0 Å². The summed E-state index contributed by atoms with van der Waals surface area (Å²) >= 11 is 0. The van der Waals surface area contributed by atoms with Crippen LogP contribution in [-0.4, -0.2) is 35.7 Å². The lowest BCUT2D eigenvalue weighted by Crippen LogP contribution is -2.41. The average Bonchev–Trinajstić information content (AvgIpc) is 2.83. The summed E-state index contributed by atoms with van der Waals surface area (Å²) in [6.45, 7) is 3.12. The fraction of sp³-hybridized carbons (Fsp3) is 0.538. The van der Waals surface area contributed by atoms with Crippen LogP contribution in [0.3, 0.4) is 0 Å². The number of phenols is 1. The van der Waals surface area contributed by atoms with E-state index in [-0.39, 0.29) is 0 Å². The largest absolute Gasteiger partial charge is 0.508 e. The molecule has 0 radical (unpaired) electrons. The van der Waals surface area contributed by atoms with Crippen LogP contribution in [0, 0.1) is 0 Å². The minimum atomic E-state index is 0.376. The van der Waals surface area contributed by atoms with Gasteiger partial charge >= 0.3 is 0 Å². The summed E-state index contributed by atoms with van der Waals surface area (Å²) in [6.07, 6.45) is 3.51. The normalized spacial score (nSPS) is 25.1. The van der Waals surface area contributed by atoms with E-state index in [1.165, 1.54) is 25.9 Å². The fourth-order valence-corrected chi connectivity index (χ4v) is 2.72. The molecule has 1 aromatic rings. The van der Waals surface area contributed by atoms with Gasteiger partial charge in [0.1, 0.15) is 18.1 Å². The van der Waals surface area contributed by atoms with Gasteiger partial charge in [-0.05, 0) is 44.5 Å². The molecule has 0 bridgehead atoms. The molecule has 1 aromatic carbocycles. The molecule has 3 rings (SSSR count). The second kappa shape index (κ2) is 3.98. The number of likely N-dealkylation sites (tertiary alicyclic amines) is 1. The van der Waals surface area contributed by atoms with Crippen LogP contribution < -0.4 is 4.74 Å². The summed E-state index contributed by atoms with van der Waals surface area (Å²) in [5, 5.41) is 9.82. The first-order valence-corrected chi connectivity index (χ1v) is 6.02. The zero-order valence-corrected chi connectivity index (χ0v) is 9.35. The molecule has 0 saturated carbocycles. The second-order valence-corrected chi connectivity index (χ2v) is 4.67. The number of hydrogen-bond acceptors (Lipinski definition) is 3. The maximum absolute atomic E-state index is 9.82. The molecule has 1 unspecified atom stereocenters. The second-order valence-electron chi connectivity index (χ2n) is 4.67. The van der Waals surface area contributed by atoms with E-state index in [9.17, 15) is 5.11 Å². The summed E-state index contributed by atoms with van der Waals surface area (Å²) in [5.74, 6) is 1.23. The molecule has 1 saturated heterocycles. The molecule has 2 heterocycles. The lowest BCUT2D eigenvalue weighted by Gasteiger charge is -2.32. The van der Waals surface area contributed by atoms with Crippen molar-refractivity contribution in [1.29, 1.82) is 0 Å². The molecule has 86 valence electrons. The molecule has 0 aromatic heterocycles.